The van der Waals surface area contributed by atoms with Crippen LogP contribution in [0.5, 0.6) is 11.5 Å². The zero-order valence-electron chi connectivity index (χ0n) is 10.4. The number of ether oxygens (including phenoxy) is 2. The van der Waals surface area contributed by atoms with Gasteiger partial charge in [0.05, 0.1) is 13.7 Å². The Balaban J connectivity index is 2.66. The monoisotopic (exact) mass is 223 g/mol. The predicted molar refractivity (Wildman–Crippen MR) is 66.4 cm³/mol. The molecule has 0 aromatic heterocycles. The van der Waals surface area contributed by atoms with Crippen molar-refractivity contribution in [1.29, 1.82) is 0 Å². The van der Waals surface area contributed by atoms with Crippen molar-refractivity contribution in [1.82, 2.24) is 5.32 Å². The highest BCUT2D eigenvalue weighted by molar-refractivity contribution is 5.43. The second-order valence-electron chi connectivity index (χ2n) is 3.52. The van der Waals surface area contributed by atoms with E-state index in [9.17, 15) is 0 Å². The lowest BCUT2D eigenvalue weighted by Crippen LogP contribution is -2.16. The molecule has 3 heteroatoms. The molecule has 0 amide bonds. The van der Waals surface area contributed by atoms with Crippen LogP contribution < -0.4 is 14.8 Å². The first-order chi connectivity index (χ1) is 7.81. The molecule has 0 fully saturated rings. The summed E-state index contributed by atoms with van der Waals surface area (Å²) in [5.74, 6) is 1.63. The number of likely N-dealkylation sites (N-methyl/N-ethyl adjacent to an activating group) is 1. The van der Waals surface area contributed by atoms with Crippen LogP contribution in [-0.4, -0.2) is 26.8 Å². The number of nitrogens with one attached hydrogen (secondary N) is 1. The lowest BCUT2D eigenvalue weighted by molar-refractivity contribution is 0.310. The number of benzene rings is 1. The summed E-state index contributed by atoms with van der Waals surface area (Å²) in [5.41, 5.74) is 1.27. The van der Waals surface area contributed by atoms with Gasteiger partial charge in [-0.2, -0.15) is 0 Å². The molecule has 0 saturated carbocycles. The average molecular weight is 223 g/mol. The first-order valence-corrected chi connectivity index (χ1v) is 5.82. The van der Waals surface area contributed by atoms with Gasteiger partial charge in [0.2, 0.25) is 0 Å². The molecule has 90 valence electrons. The summed E-state index contributed by atoms with van der Waals surface area (Å²) in [5, 5.41) is 3.30. The van der Waals surface area contributed by atoms with E-state index < -0.39 is 0 Å². The summed E-state index contributed by atoms with van der Waals surface area (Å²) in [4.78, 5) is 0. The fourth-order valence-corrected chi connectivity index (χ4v) is 1.55. The Labute approximate surface area is 97.8 Å². The van der Waals surface area contributed by atoms with E-state index in [0.29, 0.717) is 6.61 Å². The minimum Gasteiger partial charge on any atom is -0.493 e. The summed E-state index contributed by atoms with van der Waals surface area (Å²) in [7, 11) is 1.67. The summed E-state index contributed by atoms with van der Waals surface area (Å²) < 4.78 is 10.8. The van der Waals surface area contributed by atoms with Crippen molar-refractivity contribution in [2.75, 3.05) is 26.8 Å². The molecule has 1 aromatic carbocycles. The Hall–Kier alpha value is -1.22. The van der Waals surface area contributed by atoms with Crippen LogP contribution in [0.25, 0.3) is 0 Å². The zero-order valence-corrected chi connectivity index (χ0v) is 10.4. The van der Waals surface area contributed by atoms with Crippen molar-refractivity contribution < 1.29 is 9.47 Å². The summed E-state index contributed by atoms with van der Waals surface area (Å²) in [6, 6.07) is 6.11. The van der Waals surface area contributed by atoms with Gasteiger partial charge in [-0.15, -0.1) is 0 Å². The smallest absolute Gasteiger partial charge is 0.161 e. The third kappa shape index (κ3) is 3.74. The second kappa shape index (κ2) is 7.12. The van der Waals surface area contributed by atoms with Crippen LogP contribution in [0.4, 0.5) is 0 Å². The van der Waals surface area contributed by atoms with Crippen molar-refractivity contribution in [2.24, 2.45) is 0 Å². The SMILES string of the molecule is CCNCCc1ccc(OCC)c(OC)c1. The Morgan fingerprint density at radius 3 is 2.62 bits per heavy atom. The predicted octanol–water partition coefficient (Wildman–Crippen LogP) is 2.25. The summed E-state index contributed by atoms with van der Waals surface area (Å²) in [6.07, 6.45) is 1.01. The molecule has 0 spiro atoms. The first kappa shape index (κ1) is 12.8. The van der Waals surface area contributed by atoms with E-state index >= 15 is 0 Å². The van der Waals surface area contributed by atoms with Gasteiger partial charge in [-0.3, -0.25) is 0 Å². The summed E-state index contributed by atoms with van der Waals surface area (Å²) >= 11 is 0. The lowest BCUT2D eigenvalue weighted by Gasteiger charge is -2.11. The normalized spacial score (nSPS) is 10.2. The first-order valence-electron chi connectivity index (χ1n) is 5.82. The number of hydrogen-bond donors (Lipinski definition) is 1. The van der Waals surface area contributed by atoms with Gasteiger partial charge >= 0.3 is 0 Å². The molecule has 16 heavy (non-hydrogen) atoms. The third-order valence-corrected chi connectivity index (χ3v) is 2.37. The lowest BCUT2D eigenvalue weighted by atomic mass is 10.1. The molecule has 0 radical (unpaired) electrons. The number of hydrogen-bond acceptors (Lipinski definition) is 3. The number of methoxy groups -OCH3 is 1. The van der Waals surface area contributed by atoms with Crippen LogP contribution in [0.1, 0.15) is 19.4 Å². The molecular weight excluding hydrogens is 202 g/mol. The van der Waals surface area contributed by atoms with E-state index in [1.807, 2.05) is 19.1 Å². The molecule has 0 atom stereocenters. The van der Waals surface area contributed by atoms with Gasteiger partial charge in [-0.1, -0.05) is 13.0 Å². The number of rotatable bonds is 7. The van der Waals surface area contributed by atoms with Gasteiger partial charge in [0.1, 0.15) is 0 Å². The van der Waals surface area contributed by atoms with Gasteiger partial charge in [-0.05, 0) is 44.1 Å². The van der Waals surface area contributed by atoms with E-state index in [1.165, 1.54) is 5.56 Å². The van der Waals surface area contributed by atoms with Crippen molar-refractivity contribution in [3.05, 3.63) is 23.8 Å². The molecule has 1 N–H and O–H groups in total. The fraction of sp³-hybridized carbons (Fsp3) is 0.538. The Morgan fingerprint density at radius 2 is 2.00 bits per heavy atom. The van der Waals surface area contributed by atoms with Gasteiger partial charge in [0, 0.05) is 0 Å². The standard InChI is InChI=1S/C13H21NO2/c1-4-14-9-8-11-6-7-12(16-5-2)13(10-11)15-3/h6-7,10,14H,4-5,8-9H2,1-3H3. The second-order valence-corrected chi connectivity index (χ2v) is 3.52. The van der Waals surface area contributed by atoms with Crippen molar-refractivity contribution in [3.8, 4) is 11.5 Å². The van der Waals surface area contributed by atoms with Crippen molar-refractivity contribution in [2.45, 2.75) is 20.3 Å². The summed E-state index contributed by atoms with van der Waals surface area (Å²) in [6.45, 7) is 6.74. The fourth-order valence-electron chi connectivity index (χ4n) is 1.55. The highest BCUT2D eigenvalue weighted by atomic mass is 16.5. The van der Waals surface area contributed by atoms with E-state index in [1.54, 1.807) is 7.11 Å². The highest BCUT2D eigenvalue weighted by Gasteiger charge is 2.04. The maximum atomic E-state index is 5.47. The molecule has 1 rings (SSSR count). The molecule has 0 bridgehead atoms. The van der Waals surface area contributed by atoms with Gasteiger partial charge in [-0.25, -0.2) is 0 Å². The average Bonchev–Trinajstić information content (AvgIpc) is 2.31. The Kier molecular flexibility index (Phi) is 5.72. The minimum absolute atomic E-state index is 0.660. The maximum Gasteiger partial charge on any atom is 0.161 e. The Bertz CT molecular complexity index is 313. The molecule has 3 nitrogen and oxygen atoms in total. The van der Waals surface area contributed by atoms with Crippen LogP contribution in [0.2, 0.25) is 0 Å². The highest BCUT2D eigenvalue weighted by Crippen LogP contribution is 2.28. The quantitative estimate of drug-likeness (QED) is 0.719. The topological polar surface area (TPSA) is 30.5 Å². The third-order valence-electron chi connectivity index (χ3n) is 2.37. The minimum atomic E-state index is 0.660. The molecule has 0 aliphatic heterocycles. The van der Waals surface area contributed by atoms with Gasteiger partial charge in [0.25, 0.3) is 0 Å². The van der Waals surface area contributed by atoms with Crippen LogP contribution in [0, 0.1) is 0 Å². The van der Waals surface area contributed by atoms with Crippen LogP contribution in [0.15, 0.2) is 18.2 Å². The maximum absolute atomic E-state index is 5.47. The molecule has 0 saturated heterocycles. The van der Waals surface area contributed by atoms with E-state index in [0.717, 1.165) is 31.0 Å². The molecule has 0 aliphatic rings. The van der Waals surface area contributed by atoms with E-state index in [4.69, 9.17) is 9.47 Å². The molecule has 0 aliphatic carbocycles. The van der Waals surface area contributed by atoms with E-state index in [2.05, 4.69) is 18.3 Å². The Morgan fingerprint density at radius 1 is 1.19 bits per heavy atom. The zero-order chi connectivity index (χ0) is 11.8. The molecule has 0 heterocycles. The van der Waals surface area contributed by atoms with Crippen molar-refractivity contribution in [3.63, 3.8) is 0 Å². The molecular formula is C13H21NO2. The van der Waals surface area contributed by atoms with Gasteiger partial charge < -0.3 is 14.8 Å². The van der Waals surface area contributed by atoms with Crippen LogP contribution in [-0.2, 0) is 6.42 Å². The van der Waals surface area contributed by atoms with Crippen LogP contribution in [0.3, 0.4) is 0 Å². The van der Waals surface area contributed by atoms with E-state index in [-0.39, 0.29) is 0 Å². The van der Waals surface area contributed by atoms with Gasteiger partial charge in [0.15, 0.2) is 11.5 Å². The molecule has 0 unspecified atom stereocenters. The van der Waals surface area contributed by atoms with Crippen LogP contribution >= 0.6 is 0 Å². The molecule has 1 aromatic rings. The van der Waals surface area contributed by atoms with Crippen molar-refractivity contribution >= 4 is 0 Å². The largest absolute Gasteiger partial charge is 0.493 e.